The Kier molecular flexibility index (Phi) is 2.80. The number of amides is 1. The Hall–Kier alpha value is -1.65. The molecule has 2 rings (SSSR count). The van der Waals surface area contributed by atoms with E-state index in [1.165, 1.54) is 0 Å². The lowest BCUT2D eigenvalue weighted by molar-refractivity contribution is -0.132. The second-order valence-electron chi connectivity index (χ2n) is 3.74. The molecule has 0 radical (unpaired) electrons. The summed E-state index contributed by atoms with van der Waals surface area (Å²) in [7, 11) is 1.83. The van der Waals surface area contributed by atoms with Crippen molar-refractivity contribution in [1.29, 1.82) is 0 Å². The Labute approximate surface area is 88.5 Å². The molecule has 1 aliphatic rings. The van der Waals surface area contributed by atoms with E-state index in [0.29, 0.717) is 6.42 Å². The number of likely N-dealkylation sites (N-methyl/N-ethyl adjacent to an activating group) is 1. The number of likely N-dealkylation sites (tertiary alicyclic amines) is 1. The Bertz CT molecular complexity index is 341. The zero-order valence-corrected chi connectivity index (χ0v) is 8.68. The predicted molar refractivity (Wildman–Crippen MR) is 56.3 cm³/mol. The summed E-state index contributed by atoms with van der Waals surface area (Å²) >= 11 is 0. The lowest BCUT2D eigenvalue weighted by atomic mass is 10.1. The van der Waals surface area contributed by atoms with Gasteiger partial charge >= 0.3 is 0 Å². The molecule has 1 aromatic rings. The van der Waals surface area contributed by atoms with E-state index in [0.717, 1.165) is 18.8 Å². The van der Waals surface area contributed by atoms with Crippen LogP contribution in [0.4, 0.5) is 5.82 Å². The number of carbonyl (C=O) groups is 1. The SMILES string of the molecule is CN1CC(Nc2cnccn2)CCC1=O. The first-order valence-electron chi connectivity index (χ1n) is 5.02. The molecule has 1 aromatic heterocycles. The van der Waals surface area contributed by atoms with Crippen LogP contribution in [0.15, 0.2) is 18.6 Å². The smallest absolute Gasteiger partial charge is 0.222 e. The van der Waals surface area contributed by atoms with Gasteiger partial charge in [0.1, 0.15) is 5.82 Å². The van der Waals surface area contributed by atoms with Crippen LogP contribution in [0, 0.1) is 0 Å². The summed E-state index contributed by atoms with van der Waals surface area (Å²) in [5, 5.41) is 3.26. The molecule has 1 amide bonds. The Morgan fingerprint density at radius 1 is 1.53 bits per heavy atom. The van der Waals surface area contributed by atoms with E-state index in [4.69, 9.17) is 0 Å². The molecule has 5 heteroatoms. The summed E-state index contributed by atoms with van der Waals surface area (Å²) in [6.45, 7) is 0.732. The maximum atomic E-state index is 11.3. The first-order chi connectivity index (χ1) is 7.25. The molecule has 0 aromatic carbocycles. The first kappa shape index (κ1) is 9.89. The van der Waals surface area contributed by atoms with Crippen molar-refractivity contribution in [3.63, 3.8) is 0 Å². The molecule has 1 unspecified atom stereocenters. The summed E-state index contributed by atoms with van der Waals surface area (Å²) in [5.41, 5.74) is 0. The molecule has 80 valence electrons. The lowest BCUT2D eigenvalue weighted by Crippen LogP contribution is -2.43. The van der Waals surface area contributed by atoms with Crippen LogP contribution in [0.25, 0.3) is 0 Å². The van der Waals surface area contributed by atoms with Crippen molar-refractivity contribution in [1.82, 2.24) is 14.9 Å². The number of rotatable bonds is 2. The fraction of sp³-hybridized carbons (Fsp3) is 0.500. The van der Waals surface area contributed by atoms with Gasteiger partial charge in [-0.25, -0.2) is 4.98 Å². The number of carbonyl (C=O) groups excluding carboxylic acids is 1. The van der Waals surface area contributed by atoms with Crippen LogP contribution in [0.5, 0.6) is 0 Å². The van der Waals surface area contributed by atoms with Gasteiger partial charge in [0.15, 0.2) is 0 Å². The standard InChI is InChI=1S/C10H14N4O/c1-14-7-8(2-3-10(14)15)13-9-6-11-4-5-12-9/h4-6,8H,2-3,7H2,1H3,(H,12,13). The average Bonchev–Trinajstić information content (AvgIpc) is 2.25. The van der Waals surface area contributed by atoms with Gasteiger partial charge in [-0.2, -0.15) is 0 Å². The predicted octanol–water partition coefficient (Wildman–Crippen LogP) is 0.509. The van der Waals surface area contributed by atoms with E-state index < -0.39 is 0 Å². The third kappa shape index (κ3) is 2.43. The summed E-state index contributed by atoms with van der Waals surface area (Å²) in [6.07, 6.45) is 6.45. The van der Waals surface area contributed by atoms with Crippen molar-refractivity contribution in [3.8, 4) is 0 Å². The molecule has 0 spiro atoms. The van der Waals surface area contributed by atoms with Crippen LogP contribution in [-0.2, 0) is 4.79 Å². The van der Waals surface area contributed by atoms with Crippen LogP contribution in [0.1, 0.15) is 12.8 Å². The summed E-state index contributed by atoms with van der Waals surface area (Å²) in [5.74, 6) is 0.984. The van der Waals surface area contributed by atoms with Crippen molar-refractivity contribution >= 4 is 11.7 Å². The topological polar surface area (TPSA) is 58.1 Å². The zero-order valence-electron chi connectivity index (χ0n) is 8.68. The maximum absolute atomic E-state index is 11.3. The molecule has 1 atom stereocenters. The number of piperidine rings is 1. The van der Waals surface area contributed by atoms with Gasteiger partial charge in [0.05, 0.1) is 6.20 Å². The molecule has 5 nitrogen and oxygen atoms in total. The minimum Gasteiger partial charge on any atom is -0.364 e. The van der Waals surface area contributed by atoms with Crippen LogP contribution in [0.3, 0.4) is 0 Å². The van der Waals surface area contributed by atoms with Gasteiger partial charge in [0.2, 0.25) is 5.91 Å². The van der Waals surface area contributed by atoms with Crippen LogP contribution < -0.4 is 5.32 Å². The number of nitrogens with one attached hydrogen (secondary N) is 1. The van der Waals surface area contributed by atoms with Gasteiger partial charge in [-0.3, -0.25) is 9.78 Å². The number of hydrogen-bond acceptors (Lipinski definition) is 4. The van der Waals surface area contributed by atoms with Gasteiger partial charge in [-0.1, -0.05) is 0 Å². The quantitative estimate of drug-likeness (QED) is 0.766. The van der Waals surface area contributed by atoms with Crippen molar-refractivity contribution in [2.75, 3.05) is 18.9 Å². The maximum Gasteiger partial charge on any atom is 0.222 e. The van der Waals surface area contributed by atoms with Gasteiger partial charge < -0.3 is 10.2 Å². The molecule has 0 bridgehead atoms. The number of nitrogens with zero attached hydrogens (tertiary/aromatic N) is 3. The molecule has 0 saturated carbocycles. The summed E-state index contributed by atoms with van der Waals surface area (Å²) < 4.78 is 0. The fourth-order valence-electron chi connectivity index (χ4n) is 1.71. The van der Waals surface area contributed by atoms with E-state index in [2.05, 4.69) is 15.3 Å². The van der Waals surface area contributed by atoms with E-state index in [-0.39, 0.29) is 11.9 Å². The molecule has 0 aliphatic carbocycles. The highest BCUT2D eigenvalue weighted by Crippen LogP contribution is 2.13. The second kappa shape index (κ2) is 4.25. The second-order valence-corrected chi connectivity index (χ2v) is 3.74. The molecule has 1 saturated heterocycles. The molecule has 1 fully saturated rings. The molecule has 1 aliphatic heterocycles. The summed E-state index contributed by atoms with van der Waals surface area (Å²) in [4.78, 5) is 21.1. The Morgan fingerprint density at radius 3 is 3.07 bits per heavy atom. The Balaban J connectivity index is 1.94. The lowest BCUT2D eigenvalue weighted by Gasteiger charge is -2.30. The number of aromatic nitrogens is 2. The highest BCUT2D eigenvalue weighted by molar-refractivity contribution is 5.76. The van der Waals surface area contributed by atoms with Gasteiger partial charge in [-0.15, -0.1) is 0 Å². The zero-order chi connectivity index (χ0) is 10.7. The number of anilines is 1. The highest BCUT2D eigenvalue weighted by Gasteiger charge is 2.22. The molecule has 15 heavy (non-hydrogen) atoms. The van der Waals surface area contributed by atoms with Crippen LogP contribution >= 0.6 is 0 Å². The van der Waals surface area contributed by atoms with E-state index >= 15 is 0 Å². The molecule has 1 N–H and O–H groups in total. The third-order valence-electron chi connectivity index (χ3n) is 2.54. The minimum atomic E-state index is 0.215. The van der Waals surface area contributed by atoms with E-state index in [1.807, 2.05) is 7.05 Å². The monoisotopic (exact) mass is 206 g/mol. The molecular weight excluding hydrogens is 192 g/mol. The third-order valence-corrected chi connectivity index (χ3v) is 2.54. The normalized spacial score (nSPS) is 21.5. The van der Waals surface area contributed by atoms with Gasteiger partial charge in [-0.05, 0) is 6.42 Å². The van der Waals surface area contributed by atoms with E-state index in [1.54, 1.807) is 23.5 Å². The van der Waals surface area contributed by atoms with Crippen LogP contribution in [0.2, 0.25) is 0 Å². The highest BCUT2D eigenvalue weighted by atomic mass is 16.2. The van der Waals surface area contributed by atoms with Gasteiger partial charge in [0, 0.05) is 38.4 Å². The first-order valence-corrected chi connectivity index (χ1v) is 5.02. The largest absolute Gasteiger partial charge is 0.364 e. The summed E-state index contributed by atoms with van der Waals surface area (Å²) in [6, 6.07) is 0.282. The van der Waals surface area contributed by atoms with Crippen LogP contribution in [-0.4, -0.2) is 40.4 Å². The van der Waals surface area contributed by atoms with E-state index in [9.17, 15) is 4.79 Å². The van der Waals surface area contributed by atoms with Crippen molar-refractivity contribution in [2.45, 2.75) is 18.9 Å². The molecular formula is C10H14N4O. The average molecular weight is 206 g/mol. The molecule has 2 heterocycles. The fourth-order valence-corrected chi connectivity index (χ4v) is 1.71. The minimum absolute atomic E-state index is 0.215. The van der Waals surface area contributed by atoms with Crippen molar-refractivity contribution < 1.29 is 4.79 Å². The van der Waals surface area contributed by atoms with Gasteiger partial charge in [0.25, 0.3) is 0 Å². The van der Waals surface area contributed by atoms with Crippen molar-refractivity contribution in [2.24, 2.45) is 0 Å². The number of hydrogen-bond donors (Lipinski definition) is 1. The Morgan fingerprint density at radius 2 is 2.40 bits per heavy atom. The van der Waals surface area contributed by atoms with Crippen molar-refractivity contribution in [3.05, 3.63) is 18.6 Å².